The lowest BCUT2D eigenvalue weighted by atomic mass is 9.89. The molecule has 0 spiro atoms. The number of rotatable bonds is 5. The zero-order valence-corrected chi connectivity index (χ0v) is 11.0. The molecule has 0 N–H and O–H groups in total. The van der Waals surface area contributed by atoms with Gasteiger partial charge in [0.05, 0.1) is 0 Å². The fourth-order valence-corrected chi connectivity index (χ4v) is 3.22. The molecule has 94 valence electrons. The van der Waals surface area contributed by atoms with Crippen LogP contribution in [-0.2, 0) is 0 Å². The highest BCUT2D eigenvalue weighted by molar-refractivity contribution is 4.71. The van der Waals surface area contributed by atoms with Gasteiger partial charge in [-0.15, -0.1) is 0 Å². The van der Waals surface area contributed by atoms with E-state index in [4.69, 9.17) is 0 Å². The molecule has 2 aliphatic rings. The third kappa shape index (κ3) is 4.06. The van der Waals surface area contributed by atoms with Gasteiger partial charge in [-0.2, -0.15) is 0 Å². The van der Waals surface area contributed by atoms with Crippen LogP contribution >= 0.6 is 0 Å². The maximum atomic E-state index is 2.62. The van der Waals surface area contributed by atoms with Crippen molar-refractivity contribution in [2.45, 2.75) is 44.9 Å². The summed E-state index contributed by atoms with van der Waals surface area (Å²) >= 11 is 0. The second-order valence-electron chi connectivity index (χ2n) is 5.82. The molecular weight excluding hydrogens is 196 g/mol. The lowest BCUT2D eigenvalue weighted by Gasteiger charge is -2.28. The summed E-state index contributed by atoms with van der Waals surface area (Å²) in [5, 5.41) is 0. The van der Waals surface area contributed by atoms with Crippen molar-refractivity contribution in [3.05, 3.63) is 0 Å². The van der Waals surface area contributed by atoms with Crippen molar-refractivity contribution in [3.63, 3.8) is 0 Å². The summed E-state index contributed by atoms with van der Waals surface area (Å²) in [7, 11) is 2.31. The van der Waals surface area contributed by atoms with Gasteiger partial charge in [-0.3, -0.25) is 0 Å². The van der Waals surface area contributed by atoms with Crippen molar-refractivity contribution < 1.29 is 0 Å². The highest BCUT2D eigenvalue weighted by Crippen LogP contribution is 2.24. The minimum atomic E-state index is 0.998. The summed E-state index contributed by atoms with van der Waals surface area (Å²) in [6, 6.07) is 0. The van der Waals surface area contributed by atoms with Gasteiger partial charge in [-0.25, -0.2) is 0 Å². The molecule has 1 heterocycles. The van der Waals surface area contributed by atoms with E-state index in [1.807, 2.05) is 0 Å². The fourth-order valence-electron chi connectivity index (χ4n) is 3.22. The van der Waals surface area contributed by atoms with Crippen LogP contribution < -0.4 is 0 Å². The Labute approximate surface area is 101 Å². The molecule has 0 amide bonds. The molecule has 0 aromatic heterocycles. The number of likely N-dealkylation sites (tertiary alicyclic amines) is 1. The van der Waals surface area contributed by atoms with Crippen molar-refractivity contribution in [3.8, 4) is 0 Å². The van der Waals surface area contributed by atoms with Gasteiger partial charge in [-0.1, -0.05) is 19.3 Å². The molecule has 2 heteroatoms. The molecule has 0 aromatic rings. The Kier molecular flexibility index (Phi) is 5.11. The number of nitrogens with zero attached hydrogens (tertiary/aromatic N) is 2. The summed E-state index contributed by atoms with van der Waals surface area (Å²) in [5.41, 5.74) is 0. The first-order chi connectivity index (χ1) is 7.84. The van der Waals surface area contributed by atoms with Gasteiger partial charge >= 0.3 is 0 Å². The van der Waals surface area contributed by atoms with E-state index in [1.54, 1.807) is 0 Å². The van der Waals surface area contributed by atoms with Crippen molar-refractivity contribution in [2.75, 3.05) is 39.8 Å². The first-order valence-corrected chi connectivity index (χ1v) is 7.25. The highest BCUT2D eigenvalue weighted by atomic mass is 15.2. The molecule has 0 bridgehead atoms. The maximum absolute atomic E-state index is 2.62. The number of hydrogen-bond donors (Lipinski definition) is 0. The summed E-state index contributed by atoms with van der Waals surface area (Å²) in [6.45, 7) is 6.60. The summed E-state index contributed by atoms with van der Waals surface area (Å²) < 4.78 is 0. The van der Waals surface area contributed by atoms with Crippen LogP contribution in [0.5, 0.6) is 0 Å². The molecule has 2 nitrogen and oxygen atoms in total. The van der Waals surface area contributed by atoms with Crippen molar-refractivity contribution >= 4 is 0 Å². The van der Waals surface area contributed by atoms with E-state index < -0.39 is 0 Å². The van der Waals surface area contributed by atoms with Crippen LogP contribution in [-0.4, -0.2) is 49.6 Å². The van der Waals surface area contributed by atoms with Gasteiger partial charge in [0.25, 0.3) is 0 Å². The first-order valence-electron chi connectivity index (χ1n) is 7.25. The molecule has 2 rings (SSSR count). The van der Waals surface area contributed by atoms with E-state index in [-0.39, 0.29) is 0 Å². The molecular formula is C14H28N2. The average Bonchev–Trinajstić information content (AvgIpc) is 2.81. The maximum Gasteiger partial charge on any atom is 0.0109 e. The standard InChI is InChI=1S/C14H28N2/c1-15(11-12-16-9-5-6-10-16)13-14-7-3-2-4-8-14/h14H,2-13H2,1H3. The second-order valence-corrected chi connectivity index (χ2v) is 5.82. The van der Waals surface area contributed by atoms with Crippen LogP contribution in [0.1, 0.15) is 44.9 Å². The zero-order chi connectivity index (χ0) is 11.2. The number of likely N-dealkylation sites (N-methyl/N-ethyl adjacent to an activating group) is 1. The van der Waals surface area contributed by atoms with Crippen LogP contribution in [0.15, 0.2) is 0 Å². The van der Waals surface area contributed by atoms with Crippen LogP contribution in [0.3, 0.4) is 0 Å². The Morgan fingerprint density at radius 3 is 2.38 bits per heavy atom. The van der Waals surface area contributed by atoms with Gasteiger partial charge in [0.1, 0.15) is 0 Å². The van der Waals surface area contributed by atoms with E-state index in [9.17, 15) is 0 Å². The topological polar surface area (TPSA) is 6.48 Å². The lowest BCUT2D eigenvalue weighted by Crippen LogP contribution is -2.34. The van der Waals surface area contributed by atoms with Crippen LogP contribution in [0.2, 0.25) is 0 Å². The third-order valence-corrected chi connectivity index (χ3v) is 4.29. The zero-order valence-electron chi connectivity index (χ0n) is 11.0. The van der Waals surface area contributed by atoms with Gasteiger partial charge < -0.3 is 9.80 Å². The van der Waals surface area contributed by atoms with Crippen LogP contribution in [0.4, 0.5) is 0 Å². The normalized spacial score (nSPS) is 24.4. The Bertz CT molecular complexity index is 181. The van der Waals surface area contributed by atoms with Gasteiger partial charge in [0.15, 0.2) is 0 Å². The lowest BCUT2D eigenvalue weighted by molar-refractivity contribution is 0.207. The average molecular weight is 224 g/mol. The SMILES string of the molecule is CN(CCN1CCCC1)CC1CCCCC1. The van der Waals surface area contributed by atoms with Crippen LogP contribution in [0.25, 0.3) is 0 Å². The molecule has 2 fully saturated rings. The molecule has 0 radical (unpaired) electrons. The smallest absolute Gasteiger partial charge is 0.0109 e. The predicted octanol–water partition coefficient (Wildman–Crippen LogP) is 2.59. The van der Waals surface area contributed by atoms with Crippen LogP contribution in [0, 0.1) is 5.92 Å². The highest BCUT2D eigenvalue weighted by Gasteiger charge is 2.16. The van der Waals surface area contributed by atoms with Gasteiger partial charge in [-0.05, 0) is 51.7 Å². The van der Waals surface area contributed by atoms with Crippen molar-refractivity contribution in [1.82, 2.24) is 9.80 Å². The van der Waals surface area contributed by atoms with Gasteiger partial charge in [0, 0.05) is 19.6 Å². The fraction of sp³-hybridized carbons (Fsp3) is 1.00. The predicted molar refractivity (Wildman–Crippen MR) is 69.7 cm³/mol. The number of hydrogen-bond acceptors (Lipinski definition) is 2. The second kappa shape index (κ2) is 6.61. The molecule has 1 aliphatic carbocycles. The van der Waals surface area contributed by atoms with E-state index in [2.05, 4.69) is 16.8 Å². The monoisotopic (exact) mass is 224 g/mol. The van der Waals surface area contributed by atoms with E-state index in [1.165, 1.54) is 77.7 Å². The quantitative estimate of drug-likeness (QED) is 0.708. The minimum absolute atomic E-state index is 0.998. The summed E-state index contributed by atoms with van der Waals surface area (Å²) in [6.07, 6.45) is 10.2. The third-order valence-electron chi connectivity index (χ3n) is 4.29. The van der Waals surface area contributed by atoms with E-state index in [0.29, 0.717) is 0 Å². The molecule has 1 saturated carbocycles. The molecule has 1 aliphatic heterocycles. The first kappa shape index (κ1) is 12.4. The molecule has 1 saturated heterocycles. The minimum Gasteiger partial charge on any atom is -0.305 e. The Morgan fingerprint density at radius 1 is 1.00 bits per heavy atom. The molecule has 0 aromatic carbocycles. The Hall–Kier alpha value is -0.0800. The van der Waals surface area contributed by atoms with E-state index >= 15 is 0 Å². The summed E-state index contributed by atoms with van der Waals surface area (Å²) in [5.74, 6) is 0.998. The van der Waals surface area contributed by atoms with Crippen molar-refractivity contribution in [2.24, 2.45) is 5.92 Å². The summed E-state index contributed by atoms with van der Waals surface area (Å²) in [4.78, 5) is 5.19. The van der Waals surface area contributed by atoms with Crippen molar-refractivity contribution in [1.29, 1.82) is 0 Å². The van der Waals surface area contributed by atoms with Gasteiger partial charge in [0.2, 0.25) is 0 Å². The molecule has 0 unspecified atom stereocenters. The largest absolute Gasteiger partial charge is 0.305 e. The van der Waals surface area contributed by atoms with E-state index in [0.717, 1.165) is 5.92 Å². The Morgan fingerprint density at radius 2 is 1.69 bits per heavy atom. The molecule has 16 heavy (non-hydrogen) atoms. The molecule has 0 atom stereocenters. The Balaban J connectivity index is 1.57.